The van der Waals surface area contributed by atoms with Crippen molar-refractivity contribution in [2.24, 2.45) is 11.7 Å². The molecule has 2 atom stereocenters. The molecule has 0 spiro atoms. The quantitative estimate of drug-likeness (QED) is 0.755. The maximum atomic E-state index is 12.6. The molecule has 2 fully saturated rings. The van der Waals surface area contributed by atoms with E-state index < -0.39 is 0 Å². The maximum absolute atomic E-state index is 12.6. The lowest BCUT2D eigenvalue weighted by Crippen LogP contribution is -2.55. The number of carbonyl (C=O) groups is 1. The maximum Gasteiger partial charge on any atom is 0.225 e. The first-order valence-corrected chi connectivity index (χ1v) is 9.26. The van der Waals surface area contributed by atoms with Crippen LogP contribution >= 0.6 is 37.2 Å². The minimum Gasteiger partial charge on any atom is -0.353 e. The number of nitrogens with zero attached hydrogens (tertiary/aromatic N) is 2. The van der Waals surface area contributed by atoms with Crippen molar-refractivity contribution in [1.82, 2.24) is 15.2 Å². The molecule has 0 bridgehead atoms. The van der Waals surface area contributed by atoms with E-state index in [1.54, 1.807) is 0 Å². The van der Waals surface area contributed by atoms with E-state index in [9.17, 15) is 4.79 Å². The second kappa shape index (κ2) is 12.1. The zero-order valence-corrected chi connectivity index (χ0v) is 18.4. The molecule has 1 saturated heterocycles. The Balaban J connectivity index is 0.00000225. The Bertz CT molecular complexity index is 551. The van der Waals surface area contributed by atoms with Crippen LogP contribution in [-0.2, 0) is 11.3 Å². The molecular formula is C19H33Cl3N4O. The normalized spacial score (nSPS) is 26.1. The van der Waals surface area contributed by atoms with E-state index >= 15 is 0 Å². The Hall–Kier alpha value is -0.590. The van der Waals surface area contributed by atoms with E-state index in [4.69, 9.17) is 5.73 Å². The van der Waals surface area contributed by atoms with Crippen LogP contribution in [0.2, 0.25) is 0 Å². The van der Waals surface area contributed by atoms with Crippen molar-refractivity contribution in [3.05, 3.63) is 30.1 Å². The van der Waals surface area contributed by atoms with Crippen LogP contribution in [0.5, 0.6) is 0 Å². The summed E-state index contributed by atoms with van der Waals surface area (Å²) in [7, 11) is 0. The lowest BCUT2D eigenvalue weighted by atomic mass is 9.74. The number of piperidine rings is 1. The third-order valence-electron chi connectivity index (χ3n) is 5.62. The summed E-state index contributed by atoms with van der Waals surface area (Å²) in [5.74, 6) is 0.140. The monoisotopic (exact) mass is 438 g/mol. The highest BCUT2D eigenvalue weighted by atomic mass is 35.5. The molecule has 3 N–H and O–H groups in total. The van der Waals surface area contributed by atoms with Gasteiger partial charge in [-0.25, -0.2) is 0 Å². The Kier molecular flexibility index (Phi) is 11.8. The lowest BCUT2D eigenvalue weighted by Gasteiger charge is -2.39. The molecule has 1 amide bonds. The van der Waals surface area contributed by atoms with Crippen molar-refractivity contribution < 1.29 is 4.79 Å². The molecule has 1 aliphatic heterocycles. The highest BCUT2D eigenvalue weighted by molar-refractivity contribution is 5.86. The smallest absolute Gasteiger partial charge is 0.225 e. The molecule has 1 saturated carbocycles. The molecule has 2 aliphatic rings. The van der Waals surface area contributed by atoms with Crippen molar-refractivity contribution in [2.45, 2.75) is 63.6 Å². The summed E-state index contributed by atoms with van der Waals surface area (Å²) in [5.41, 5.74) is 7.13. The zero-order valence-electron chi connectivity index (χ0n) is 15.9. The fourth-order valence-electron chi connectivity index (χ4n) is 4.05. The van der Waals surface area contributed by atoms with Gasteiger partial charge in [-0.15, -0.1) is 37.2 Å². The highest BCUT2D eigenvalue weighted by Crippen LogP contribution is 2.32. The van der Waals surface area contributed by atoms with Crippen molar-refractivity contribution in [3.8, 4) is 0 Å². The van der Waals surface area contributed by atoms with Crippen molar-refractivity contribution in [3.63, 3.8) is 0 Å². The molecule has 1 aliphatic carbocycles. The number of hydrogen-bond donors (Lipinski definition) is 2. The summed E-state index contributed by atoms with van der Waals surface area (Å²) in [6.07, 6.45) is 8.00. The summed E-state index contributed by atoms with van der Waals surface area (Å²) >= 11 is 0. The van der Waals surface area contributed by atoms with Gasteiger partial charge in [0, 0.05) is 37.4 Å². The minimum absolute atomic E-state index is 0. The van der Waals surface area contributed by atoms with Crippen LogP contribution in [0.15, 0.2) is 24.4 Å². The number of likely N-dealkylation sites (tertiary alicyclic amines) is 1. The van der Waals surface area contributed by atoms with Crippen molar-refractivity contribution in [2.75, 3.05) is 13.1 Å². The Morgan fingerprint density at radius 1 is 1.22 bits per heavy atom. The van der Waals surface area contributed by atoms with E-state index in [1.807, 2.05) is 25.3 Å². The first-order chi connectivity index (χ1) is 11.5. The van der Waals surface area contributed by atoms with E-state index in [1.165, 1.54) is 0 Å². The fourth-order valence-corrected chi connectivity index (χ4v) is 4.05. The SMILES string of the molecule is CC1(N)CCCCC1C(=O)NC1CCN(Cc2ccccn2)CC1.Cl.Cl.Cl. The number of aromatic nitrogens is 1. The molecule has 156 valence electrons. The second-order valence-electron chi connectivity index (χ2n) is 7.68. The fraction of sp³-hybridized carbons (Fsp3) is 0.684. The Labute approximate surface area is 181 Å². The summed E-state index contributed by atoms with van der Waals surface area (Å²) in [5, 5.41) is 3.27. The van der Waals surface area contributed by atoms with E-state index in [2.05, 4.69) is 21.3 Å². The van der Waals surface area contributed by atoms with Gasteiger partial charge in [-0.2, -0.15) is 0 Å². The van der Waals surface area contributed by atoms with E-state index in [0.717, 1.165) is 63.9 Å². The number of pyridine rings is 1. The largest absolute Gasteiger partial charge is 0.353 e. The topological polar surface area (TPSA) is 71.2 Å². The van der Waals surface area contributed by atoms with Crippen LogP contribution in [0.25, 0.3) is 0 Å². The van der Waals surface area contributed by atoms with Gasteiger partial charge in [0.05, 0.1) is 11.6 Å². The lowest BCUT2D eigenvalue weighted by molar-refractivity contribution is -0.129. The number of nitrogens with two attached hydrogens (primary N) is 1. The van der Waals surface area contributed by atoms with Gasteiger partial charge in [0.25, 0.3) is 0 Å². The van der Waals surface area contributed by atoms with E-state index in [0.29, 0.717) is 0 Å². The Morgan fingerprint density at radius 3 is 2.52 bits per heavy atom. The number of nitrogens with one attached hydrogen (secondary N) is 1. The number of halogens is 3. The van der Waals surface area contributed by atoms with Crippen molar-refractivity contribution in [1.29, 1.82) is 0 Å². The predicted molar refractivity (Wildman–Crippen MR) is 117 cm³/mol. The molecule has 5 nitrogen and oxygen atoms in total. The van der Waals surface area contributed by atoms with Crippen LogP contribution in [0.1, 0.15) is 51.1 Å². The molecule has 0 aromatic carbocycles. The molecule has 3 rings (SSSR count). The Morgan fingerprint density at radius 2 is 1.93 bits per heavy atom. The zero-order chi connectivity index (χ0) is 17.0. The molecule has 1 aromatic heterocycles. The first-order valence-electron chi connectivity index (χ1n) is 9.26. The number of carbonyl (C=O) groups excluding carboxylic acids is 1. The third kappa shape index (κ3) is 7.39. The molecule has 2 unspecified atom stereocenters. The summed E-state index contributed by atoms with van der Waals surface area (Å²) in [6, 6.07) is 6.33. The van der Waals surface area contributed by atoms with E-state index in [-0.39, 0.29) is 60.6 Å². The molecule has 8 heteroatoms. The number of amides is 1. The summed E-state index contributed by atoms with van der Waals surface area (Å²) < 4.78 is 0. The summed E-state index contributed by atoms with van der Waals surface area (Å²) in [6.45, 7) is 4.94. The number of rotatable bonds is 4. The summed E-state index contributed by atoms with van der Waals surface area (Å²) in [4.78, 5) is 19.4. The first kappa shape index (κ1) is 26.4. The van der Waals surface area contributed by atoms with Gasteiger partial charge < -0.3 is 11.1 Å². The highest BCUT2D eigenvalue weighted by Gasteiger charge is 2.38. The third-order valence-corrected chi connectivity index (χ3v) is 5.62. The molecule has 1 aromatic rings. The van der Waals surface area contributed by atoms with Crippen LogP contribution in [0.3, 0.4) is 0 Å². The van der Waals surface area contributed by atoms with Crippen LogP contribution in [-0.4, -0.2) is 40.5 Å². The predicted octanol–water partition coefficient (Wildman–Crippen LogP) is 3.34. The minimum atomic E-state index is -0.345. The average molecular weight is 440 g/mol. The average Bonchev–Trinajstić information content (AvgIpc) is 2.57. The molecule has 27 heavy (non-hydrogen) atoms. The molecule has 0 radical (unpaired) electrons. The van der Waals surface area contributed by atoms with Gasteiger partial charge in [-0.1, -0.05) is 18.9 Å². The van der Waals surface area contributed by atoms with Gasteiger partial charge >= 0.3 is 0 Å². The van der Waals surface area contributed by atoms with Gasteiger partial charge in [-0.05, 0) is 44.7 Å². The van der Waals surface area contributed by atoms with Crippen LogP contribution < -0.4 is 11.1 Å². The van der Waals surface area contributed by atoms with Gasteiger partial charge in [0.15, 0.2) is 0 Å². The standard InChI is InChI=1S/C19H30N4O.3ClH/c1-19(20)10-4-2-7-17(19)18(24)22-15-8-12-23(13-9-15)14-16-6-3-5-11-21-16;;;/h3,5-6,11,15,17H,2,4,7-10,12-14,20H2,1H3,(H,22,24);3*1H. The number of hydrogen-bond acceptors (Lipinski definition) is 4. The molecular weight excluding hydrogens is 407 g/mol. The van der Waals surface area contributed by atoms with Crippen molar-refractivity contribution >= 4 is 43.1 Å². The van der Waals surface area contributed by atoms with Gasteiger partial charge in [0.1, 0.15) is 0 Å². The second-order valence-corrected chi connectivity index (χ2v) is 7.68. The molecule has 2 heterocycles. The van der Waals surface area contributed by atoms with Crippen LogP contribution in [0, 0.1) is 5.92 Å². The van der Waals surface area contributed by atoms with Gasteiger partial charge in [-0.3, -0.25) is 14.7 Å². The van der Waals surface area contributed by atoms with Gasteiger partial charge in [0.2, 0.25) is 5.91 Å². The van der Waals surface area contributed by atoms with Crippen LogP contribution in [0.4, 0.5) is 0 Å².